The van der Waals surface area contributed by atoms with Crippen LogP contribution in [0.1, 0.15) is 32.6 Å². The van der Waals surface area contributed by atoms with Crippen molar-refractivity contribution < 1.29 is 9.18 Å². The van der Waals surface area contributed by atoms with Gasteiger partial charge in [-0.15, -0.1) is 0 Å². The molecular weight excluding hydrogens is 319 g/mol. The van der Waals surface area contributed by atoms with E-state index in [-0.39, 0.29) is 17.8 Å². The van der Waals surface area contributed by atoms with Crippen molar-refractivity contribution in [3.63, 3.8) is 0 Å². The van der Waals surface area contributed by atoms with Gasteiger partial charge in [-0.1, -0.05) is 23.8 Å². The summed E-state index contributed by atoms with van der Waals surface area (Å²) in [6, 6.07) is 8.68. The summed E-state index contributed by atoms with van der Waals surface area (Å²) in [5.74, 6) is -0.683. The lowest BCUT2D eigenvalue weighted by Gasteiger charge is -2.12. The zero-order chi connectivity index (χ0) is 14.9. The van der Waals surface area contributed by atoms with Crippen molar-refractivity contribution in [3.05, 3.63) is 68.4 Å². The second-order valence-electron chi connectivity index (χ2n) is 5.07. The molecular formula is C17H16BrFO. The molecule has 0 atom stereocenters. The molecule has 0 amide bonds. The molecule has 0 aliphatic rings. The number of ketones is 1. The Morgan fingerprint density at radius 3 is 2.30 bits per heavy atom. The predicted octanol–water partition coefficient (Wildman–Crippen LogP) is 4.94. The van der Waals surface area contributed by atoms with E-state index in [0.717, 1.165) is 16.7 Å². The van der Waals surface area contributed by atoms with Gasteiger partial charge in [0.05, 0.1) is 5.56 Å². The van der Waals surface area contributed by atoms with E-state index < -0.39 is 5.82 Å². The molecule has 2 aromatic carbocycles. The van der Waals surface area contributed by atoms with Crippen LogP contribution in [-0.4, -0.2) is 5.78 Å². The maximum Gasteiger partial charge on any atom is 0.171 e. The minimum absolute atomic E-state index is 0.131. The van der Waals surface area contributed by atoms with E-state index in [2.05, 4.69) is 15.9 Å². The molecule has 20 heavy (non-hydrogen) atoms. The summed E-state index contributed by atoms with van der Waals surface area (Å²) in [5.41, 5.74) is 4.43. The molecule has 0 heterocycles. The van der Waals surface area contributed by atoms with Crippen LogP contribution in [0.4, 0.5) is 4.39 Å². The number of aryl methyl sites for hydroxylation is 3. The molecule has 0 aliphatic carbocycles. The highest BCUT2D eigenvalue weighted by atomic mass is 79.9. The molecule has 0 bridgehead atoms. The summed E-state index contributed by atoms with van der Waals surface area (Å²) >= 11 is 3.25. The van der Waals surface area contributed by atoms with Crippen LogP contribution in [0.5, 0.6) is 0 Å². The van der Waals surface area contributed by atoms with Crippen molar-refractivity contribution in [2.45, 2.75) is 27.2 Å². The lowest BCUT2D eigenvalue weighted by Crippen LogP contribution is -2.09. The molecule has 0 N–H and O–H groups in total. The van der Waals surface area contributed by atoms with Crippen LogP contribution < -0.4 is 0 Å². The highest BCUT2D eigenvalue weighted by Crippen LogP contribution is 2.24. The molecule has 0 radical (unpaired) electrons. The zero-order valence-corrected chi connectivity index (χ0v) is 13.3. The number of Topliss-reactive ketones (excluding diaryl/α,β-unsaturated/α-hetero) is 1. The molecule has 0 saturated heterocycles. The Hall–Kier alpha value is -1.48. The number of hydrogen-bond acceptors (Lipinski definition) is 1. The Labute approximate surface area is 127 Å². The fourth-order valence-electron chi connectivity index (χ4n) is 2.50. The van der Waals surface area contributed by atoms with Crippen molar-refractivity contribution >= 4 is 21.7 Å². The summed E-state index contributed by atoms with van der Waals surface area (Å²) in [7, 11) is 0. The van der Waals surface area contributed by atoms with E-state index in [1.165, 1.54) is 11.6 Å². The summed E-state index contributed by atoms with van der Waals surface area (Å²) in [6.07, 6.45) is 0.220. The lowest BCUT2D eigenvalue weighted by atomic mass is 9.94. The summed E-state index contributed by atoms with van der Waals surface area (Å²) in [5, 5.41) is 0. The Balaban J connectivity index is 2.38. The summed E-state index contributed by atoms with van der Waals surface area (Å²) in [4.78, 5) is 12.4. The van der Waals surface area contributed by atoms with Crippen LogP contribution in [0.3, 0.4) is 0 Å². The van der Waals surface area contributed by atoms with Gasteiger partial charge in [-0.25, -0.2) is 4.39 Å². The van der Waals surface area contributed by atoms with Crippen molar-refractivity contribution in [3.8, 4) is 0 Å². The normalized spacial score (nSPS) is 10.7. The second kappa shape index (κ2) is 5.88. The third-order valence-electron chi connectivity index (χ3n) is 3.42. The van der Waals surface area contributed by atoms with Crippen molar-refractivity contribution in [1.82, 2.24) is 0 Å². The third-order valence-corrected chi connectivity index (χ3v) is 4.08. The number of halogens is 2. The molecule has 0 saturated carbocycles. The van der Waals surface area contributed by atoms with Crippen LogP contribution in [0.25, 0.3) is 0 Å². The van der Waals surface area contributed by atoms with Gasteiger partial charge in [0.1, 0.15) is 5.82 Å². The van der Waals surface area contributed by atoms with Crippen LogP contribution in [0.15, 0.2) is 34.8 Å². The minimum Gasteiger partial charge on any atom is -0.294 e. The van der Waals surface area contributed by atoms with Gasteiger partial charge < -0.3 is 0 Å². The maximum atomic E-state index is 13.8. The largest absolute Gasteiger partial charge is 0.294 e. The number of benzene rings is 2. The summed E-state index contributed by atoms with van der Waals surface area (Å²) < 4.78 is 14.3. The standard InChI is InChI=1S/C17H16BrFO/c1-10-7-11(2)13(12(3)8-10)9-16(20)17-14(18)5-4-6-15(17)19/h4-8H,9H2,1-3H3. The number of hydrogen-bond donors (Lipinski definition) is 0. The van der Waals surface area contributed by atoms with Crippen LogP contribution in [0, 0.1) is 26.6 Å². The van der Waals surface area contributed by atoms with Gasteiger partial charge in [-0.05, 0) is 65.5 Å². The molecule has 0 fully saturated rings. The molecule has 3 heteroatoms. The number of rotatable bonds is 3. The van der Waals surface area contributed by atoms with Gasteiger partial charge in [-0.3, -0.25) is 4.79 Å². The molecule has 0 spiro atoms. The van der Waals surface area contributed by atoms with E-state index in [4.69, 9.17) is 0 Å². The van der Waals surface area contributed by atoms with Crippen LogP contribution in [0.2, 0.25) is 0 Å². The van der Waals surface area contributed by atoms with Crippen molar-refractivity contribution in [2.24, 2.45) is 0 Å². The molecule has 2 rings (SSSR count). The topological polar surface area (TPSA) is 17.1 Å². The lowest BCUT2D eigenvalue weighted by molar-refractivity contribution is 0.0988. The van der Waals surface area contributed by atoms with Crippen molar-refractivity contribution in [1.29, 1.82) is 0 Å². The fourth-order valence-corrected chi connectivity index (χ4v) is 3.07. The zero-order valence-electron chi connectivity index (χ0n) is 11.8. The Morgan fingerprint density at radius 2 is 1.75 bits per heavy atom. The summed E-state index contributed by atoms with van der Waals surface area (Å²) in [6.45, 7) is 6.00. The molecule has 1 nitrogen and oxygen atoms in total. The highest BCUT2D eigenvalue weighted by Gasteiger charge is 2.17. The highest BCUT2D eigenvalue weighted by molar-refractivity contribution is 9.10. The third kappa shape index (κ3) is 2.98. The maximum absolute atomic E-state index is 13.8. The van der Waals surface area contributed by atoms with E-state index in [0.29, 0.717) is 4.47 Å². The quantitative estimate of drug-likeness (QED) is 0.726. The van der Waals surface area contributed by atoms with E-state index in [1.807, 2.05) is 32.9 Å². The minimum atomic E-state index is -0.480. The molecule has 0 aliphatic heterocycles. The van der Waals surface area contributed by atoms with E-state index in [9.17, 15) is 9.18 Å². The van der Waals surface area contributed by atoms with Crippen LogP contribution >= 0.6 is 15.9 Å². The molecule has 0 aromatic heterocycles. The second-order valence-corrected chi connectivity index (χ2v) is 5.93. The first kappa shape index (κ1) is 14.9. The van der Waals surface area contributed by atoms with Gasteiger partial charge in [-0.2, -0.15) is 0 Å². The average molecular weight is 335 g/mol. The smallest absolute Gasteiger partial charge is 0.171 e. The van der Waals surface area contributed by atoms with E-state index >= 15 is 0 Å². The molecule has 0 unspecified atom stereocenters. The monoisotopic (exact) mass is 334 g/mol. The average Bonchev–Trinajstić information content (AvgIpc) is 2.33. The predicted molar refractivity (Wildman–Crippen MR) is 82.8 cm³/mol. The van der Waals surface area contributed by atoms with Gasteiger partial charge in [0.2, 0.25) is 0 Å². The van der Waals surface area contributed by atoms with Gasteiger partial charge in [0, 0.05) is 10.9 Å². The Kier molecular flexibility index (Phi) is 4.39. The molecule has 2 aromatic rings. The first-order valence-corrected chi connectivity index (χ1v) is 7.23. The number of carbonyl (C=O) groups excluding carboxylic acids is 1. The van der Waals surface area contributed by atoms with E-state index in [1.54, 1.807) is 12.1 Å². The fraction of sp³-hybridized carbons (Fsp3) is 0.235. The van der Waals surface area contributed by atoms with Gasteiger partial charge in [0.15, 0.2) is 5.78 Å². The Bertz CT molecular complexity index is 633. The van der Waals surface area contributed by atoms with Gasteiger partial charge >= 0.3 is 0 Å². The van der Waals surface area contributed by atoms with Crippen LogP contribution in [-0.2, 0) is 6.42 Å². The molecule has 104 valence electrons. The first-order chi connectivity index (χ1) is 9.40. The van der Waals surface area contributed by atoms with Crippen molar-refractivity contribution in [2.75, 3.05) is 0 Å². The number of carbonyl (C=O) groups is 1. The Morgan fingerprint density at radius 1 is 1.15 bits per heavy atom. The SMILES string of the molecule is Cc1cc(C)c(CC(=O)c2c(F)cccc2Br)c(C)c1. The van der Waals surface area contributed by atoms with Gasteiger partial charge in [0.25, 0.3) is 0 Å². The first-order valence-electron chi connectivity index (χ1n) is 6.44.